The van der Waals surface area contributed by atoms with Crippen LogP contribution in [-0.4, -0.2) is 14.8 Å². The normalized spacial score (nSPS) is 11.5. The summed E-state index contributed by atoms with van der Waals surface area (Å²) in [6.07, 6.45) is 1.21. The molecule has 0 aromatic heterocycles. The zero-order valence-electron chi connectivity index (χ0n) is 11.9. The van der Waals surface area contributed by atoms with Gasteiger partial charge < -0.3 is 4.98 Å². The molecule has 2 aromatic carbocycles. The lowest BCUT2D eigenvalue weighted by Gasteiger charge is -2.33. The molecule has 0 aliphatic rings. The minimum atomic E-state index is -1.80. The molecule has 0 aliphatic carbocycles. The molecule has 0 saturated carbocycles. The Kier molecular flexibility index (Phi) is 4.94. The average Bonchev–Trinajstić information content (AvgIpc) is 2.49. The summed E-state index contributed by atoms with van der Waals surface area (Å²) < 4.78 is 0. The smallest absolute Gasteiger partial charge is 0.189 e. The standard InChI is InChI=1S/C17H23NSi/c1-3-15-19(18-4-2,16-11-7-5-8-12-16)17-13-9-6-10-14-17/h5-14,18H,3-4,15H2,1-2H3. The van der Waals surface area contributed by atoms with Crippen LogP contribution in [0.15, 0.2) is 60.7 Å². The van der Waals surface area contributed by atoms with Gasteiger partial charge in [0, 0.05) is 0 Å². The Hall–Kier alpha value is -1.38. The predicted octanol–water partition coefficient (Wildman–Crippen LogP) is 2.77. The third kappa shape index (κ3) is 2.96. The average molecular weight is 269 g/mol. The summed E-state index contributed by atoms with van der Waals surface area (Å²) in [5.74, 6) is 0. The van der Waals surface area contributed by atoms with Gasteiger partial charge in [0.1, 0.15) is 0 Å². The third-order valence-electron chi connectivity index (χ3n) is 3.64. The summed E-state index contributed by atoms with van der Waals surface area (Å²) in [6, 6.07) is 23.2. The summed E-state index contributed by atoms with van der Waals surface area (Å²) in [4.78, 5) is 3.87. The Morgan fingerprint density at radius 3 is 1.63 bits per heavy atom. The Morgan fingerprint density at radius 1 is 0.789 bits per heavy atom. The number of hydrogen-bond acceptors (Lipinski definition) is 1. The highest BCUT2D eigenvalue weighted by Gasteiger charge is 2.35. The Morgan fingerprint density at radius 2 is 1.26 bits per heavy atom. The second-order valence-electron chi connectivity index (χ2n) is 4.92. The lowest BCUT2D eigenvalue weighted by molar-refractivity contribution is 0.935. The first-order valence-electron chi connectivity index (χ1n) is 7.19. The molecule has 1 N–H and O–H groups in total. The molecule has 0 aliphatic heterocycles. The van der Waals surface area contributed by atoms with Gasteiger partial charge in [0.15, 0.2) is 8.24 Å². The molecule has 0 fully saturated rings. The molecular formula is C17H23NSi. The number of hydrogen-bond donors (Lipinski definition) is 1. The van der Waals surface area contributed by atoms with Crippen molar-refractivity contribution >= 4 is 18.6 Å². The van der Waals surface area contributed by atoms with Gasteiger partial charge in [-0.1, -0.05) is 80.9 Å². The molecule has 0 atom stereocenters. The van der Waals surface area contributed by atoms with Crippen molar-refractivity contribution < 1.29 is 0 Å². The predicted molar refractivity (Wildman–Crippen MR) is 86.7 cm³/mol. The minimum Gasteiger partial charge on any atom is -0.330 e. The SMILES string of the molecule is CCC[Si](NCC)(c1ccccc1)c1ccccc1. The Balaban J connectivity index is 2.54. The van der Waals surface area contributed by atoms with Crippen LogP contribution in [-0.2, 0) is 0 Å². The van der Waals surface area contributed by atoms with Gasteiger partial charge in [0.2, 0.25) is 0 Å². The van der Waals surface area contributed by atoms with Gasteiger partial charge in [-0.15, -0.1) is 0 Å². The molecule has 0 heterocycles. The van der Waals surface area contributed by atoms with Crippen molar-refractivity contribution in [3.8, 4) is 0 Å². The van der Waals surface area contributed by atoms with Gasteiger partial charge in [-0.25, -0.2) is 0 Å². The molecule has 0 saturated heterocycles. The second-order valence-corrected chi connectivity index (χ2v) is 8.74. The van der Waals surface area contributed by atoms with Crippen LogP contribution in [0.5, 0.6) is 0 Å². The zero-order valence-corrected chi connectivity index (χ0v) is 12.9. The molecule has 1 nitrogen and oxygen atoms in total. The zero-order chi connectivity index (χ0) is 13.6. The van der Waals surface area contributed by atoms with E-state index in [0.717, 1.165) is 6.54 Å². The van der Waals surface area contributed by atoms with E-state index in [0.29, 0.717) is 0 Å². The third-order valence-corrected chi connectivity index (χ3v) is 8.48. The highest BCUT2D eigenvalue weighted by Crippen LogP contribution is 2.11. The first-order chi connectivity index (χ1) is 9.33. The van der Waals surface area contributed by atoms with Crippen LogP contribution in [0.2, 0.25) is 6.04 Å². The van der Waals surface area contributed by atoms with Crippen molar-refractivity contribution in [2.24, 2.45) is 0 Å². The minimum absolute atomic E-state index is 1.02. The van der Waals surface area contributed by atoms with E-state index in [2.05, 4.69) is 79.5 Å². The molecule has 0 amide bonds. The molecule has 0 radical (unpaired) electrons. The lowest BCUT2D eigenvalue weighted by Crippen LogP contribution is -2.68. The largest absolute Gasteiger partial charge is 0.330 e. The fourth-order valence-electron chi connectivity index (χ4n) is 2.87. The van der Waals surface area contributed by atoms with E-state index < -0.39 is 8.24 Å². The fourth-order valence-corrected chi connectivity index (χ4v) is 7.24. The van der Waals surface area contributed by atoms with E-state index in [1.165, 1.54) is 22.8 Å². The van der Waals surface area contributed by atoms with Gasteiger partial charge in [0.05, 0.1) is 0 Å². The summed E-state index contributed by atoms with van der Waals surface area (Å²) in [5.41, 5.74) is 0. The van der Waals surface area contributed by atoms with Gasteiger partial charge in [-0.3, -0.25) is 0 Å². The maximum Gasteiger partial charge on any atom is 0.189 e. The number of nitrogens with one attached hydrogen (secondary N) is 1. The van der Waals surface area contributed by atoms with E-state index >= 15 is 0 Å². The number of rotatable bonds is 6. The molecule has 100 valence electrons. The summed E-state index contributed by atoms with van der Waals surface area (Å²) >= 11 is 0. The first-order valence-corrected chi connectivity index (χ1v) is 9.40. The lowest BCUT2D eigenvalue weighted by atomic mass is 10.4. The molecule has 0 bridgehead atoms. The highest BCUT2D eigenvalue weighted by molar-refractivity contribution is 7.00. The van der Waals surface area contributed by atoms with Gasteiger partial charge in [-0.05, 0) is 23.0 Å². The van der Waals surface area contributed by atoms with Crippen LogP contribution in [0.4, 0.5) is 0 Å². The Bertz CT molecular complexity index is 434. The first kappa shape index (κ1) is 14.0. The van der Waals surface area contributed by atoms with Crippen LogP contribution in [0.3, 0.4) is 0 Å². The molecule has 0 unspecified atom stereocenters. The molecular weight excluding hydrogens is 246 g/mol. The van der Waals surface area contributed by atoms with Crippen LogP contribution < -0.4 is 15.4 Å². The van der Waals surface area contributed by atoms with Crippen LogP contribution >= 0.6 is 0 Å². The molecule has 19 heavy (non-hydrogen) atoms. The van der Waals surface area contributed by atoms with Crippen LogP contribution in [0.1, 0.15) is 20.3 Å². The number of benzene rings is 2. The van der Waals surface area contributed by atoms with Gasteiger partial charge >= 0.3 is 0 Å². The topological polar surface area (TPSA) is 12.0 Å². The maximum absolute atomic E-state index is 3.87. The van der Waals surface area contributed by atoms with E-state index in [9.17, 15) is 0 Å². The van der Waals surface area contributed by atoms with Crippen molar-refractivity contribution in [1.29, 1.82) is 0 Å². The summed E-state index contributed by atoms with van der Waals surface area (Å²) in [6.45, 7) is 5.52. The second kappa shape index (κ2) is 6.69. The maximum atomic E-state index is 3.87. The van der Waals surface area contributed by atoms with Gasteiger partial charge in [0.25, 0.3) is 0 Å². The van der Waals surface area contributed by atoms with E-state index in [-0.39, 0.29) is 0 Å². The molecule has 2 rings (SSSR count). The highest BCUT2D eigenvalue weighted by atomic mass is 28.3. The van der Waals surface area contributed by atoms with Crippen molar-refractivity contribution in [3.05, 3.63) is 60.7 Å². The monoisotopic (exact) mass is 269 g/mol. The van der Waals surface area contributed by atoms with Crippen molar-refractivity contribution in [2.45, 2.75) is 26.3 Å². The van der Waals surface area contributed by atoms with Gasteiger partial charge in [-0.2, -0.15) is 0 Å². The Labute approximate surface area is 117 Å². The summed E-state index contributed by atoms with van der Waals surface area (Å²) in [5, 5.41) is 2.98. The summed E-state index contributed by atoms with van der Waals surface area (Å²) in [7, 11) is -1.80. The van der Waals surface area contributed by atoms with Crippen molar-refractivity contribution in [3.63, 3.8) is 0 Å². The molecule has 0 spiro atoms. The van der Waals surface area contributed by atoms with Crippen LogP contribution in [0.25, 0.3) is 0 Å². The van der Waals surface area contributed by atoms with Crippen molar-refractivity contribution in [2.75, 3.05) is 6.54 Å². The quantitative estimate of drug-likeness (QED) is 0.795. The molecule has 2 aromatic rings. The van der Waals surface area contributed by atoms with Crippen molar-refractivity contribution in [1.82, 2.24) is 4.98 Å². The molecule has 2 heteroatoms. The fraction of sp³-hybridized carbons (Fsp3) is 0.294. The van der Waals surface area contributed by atoms with Crippen LogP contribution in [0, 0.1) is 0 Å². The van der Waals surface area contributed by atoms with E-state index in [4.69, 9.17) is 0 Å². The van der Waals surface area contributed by atoms with E-state index in [1.54, 1.807) is 0 Å². The van der Waals surface area contributed by atoms with E-state index in [1.807, 2.05) is 0 Å².